The molecule has 0 radical (unpaired) electrons. The third-order valence-corrected chi connectivity index (χ3v) is 4.29. The van der Waals surface area contributed by atoms with Gasteiger partial charge in [0.15, 0.2) is 23.1 Å². The molecule has 1 aliphatic heterocycles. The number of esters is 2. The molecule has 28 heavy (non-hydrogen) atoms. The molecular formula is C16H15ClFN5O5. The zero-order valence-electron chi connectivity index (χ0n) is 14.8. The Hall–Kier alpha value is -2.97. The fraction of sp³-hybridized carbons (Fsp3) is 0.438. The molecule has 4 atom stereocenters. The summed E-state index contributed by atoms with van der Waals surface area (Å²) in [6.45, 7) is 1.87. The van der Waals surface area contributed by atoms with Crippen molar-refractivity contribution in [3.05, 3.63) is 11.5 Å². The SMILES string of the molecule is C#CC1(F)C(OC(C)=O)[C@@H](COC(C)=O)O[C@H]1n1cnc2c(Cl)nc(N)nc21. The molecule has 0 aliphatic carbocycles. The topological polar surface area (TPSA) is 131 Å². The Morgan fingerprint density at radius 3 is 2.79 bits per heavy atom. The van der Waals surface area contributed by atoms with Gasteiger partial charge in [-0.3, -0.25) is 14.2 Å². The Morgan fingerprint density at radius 1 is 1.46 bits per heavy atom. The summed E-state index contributed by atoms with van der Waals surface area (Å²) in [6, 6.07) is 0. The zero-order chi connectivity index (χ0) is 20.6. The van der Waals surface area contributed by atoms with Gasteiger partial charge in [-0.25, -0.2) is 9.37 Å². The van der Waals surface area contributed by atoms with Crippen LogP contribution in [0.15, 0.2) is 6.33 Å². The summed E-state index contributed by atoms with van der Waals surface area (Å²) in [5, 5.41) is -0.0441. The third kappa shape index (κ3) is 3.32. The fourth-order valence-electron chi connectivity index (χ4n) is 2.90. The molecule has 148 valence electrons. The van der Waals surface area contributed by atoms with Gasteiger partial charge in [-0.15, -0.1) is 6.42 Å². The van der Waals surface area contributed by atoms with E-state index in [0.717, 1.165) is 6.92 Å². The number of nitrogens with zero attached hydrogens (tertiary/aromatic N) is 4. The maximum atomic E-state index is 15.9. The first kappa shape index (κ1) is 19.8. The van der Waals surface area contributed by atoms with E-state index < -0.39 is 36.0 Å². The van der Waals surface area contributed by atoms with Crippen LogP contribution in [0, 0.1) is 12.3 Å². The molecule has 0 aromatic carbocycles. The number of imidazole rings is 1. The Morgan fingerprint density at radius 2 is 2.18 bits per heavy atom. The van der Waals surface area contributed by atoms with E-state index in [4.69, 9.17) is 38.0 Å². The molecule has 12 heteroatoms. The van der Waals surface area contributed by atoms with E-state index in [1.807, 2.05) is 5.92 Å². The van der Waals surface area contributed by atoms with Crippen molar-refractivity contribution < 1.29 is 28.2 Å². The van der Waals surface area contributed by atoms with E-state index in [-0.39, 0.29) is 28.9 Å². The van der Waals surface area contributed by atoms with Gasteiger partial charge in [-0.05, 0) is 0 Å². The lowest BCUT2D eigenvalue weighted by atomic mass is 9.96. The Bertz CT molecular complexity index is 992. The number of anilines is 1. The maximum Gasteiger partial charge on any atom is 0.303 e. The minimum atomic E-state index is -2.63. The van der Waals surface area contributed by atoms with Crippen LogP contribution in [-0.4, -0.2) is 55.9 Å². The Kier molecular flexibility index (Phi) is 5.10. The molecule has 1 fully saturated rings. The lowest BCUT2D eigenvalue weighted by Gasteiger charge is -2.26. The summed E-state index contributed by atoms with van der Waals surface area (Å²) in [6.07, 6.45) is 2.39. The number of hydrogen-bond acceptors (Lipinski definition) is 9. The van der Waals surface area contributed by atoms with Crippen molar-refractivity contribution in [3.8, 4) is 12.3 Å². The van der Waals surface area contributed by atoms with Crippen molar-refractivity contribution in [1.29, 1.82) is 0 Å². The van der Waals surface area contributed by atoms with Crippen LogP contribution >= 0.6 is 11.6 Å². The monoisotopic (exact) mass is 411 g/mol. The number of ether oxygens (including phenoxy) is 3. The number of terminal acetylenes is 1. The van der Waals surface area contributed by atoms with Crippen molar-refractivity contribution in [3.63, 3.8) is 0 Å². The number of aromatic nitrogens is 4. The molecule has 0 spiro atoms. The molecule has 0 bridgehead atoms. The van der Waals surface area contributed by atoms with Crippen LogP contribution in [0.25, 0.3) is 11.2 Å². The first-order valence-electron chi connectivity index (χ1n) is 7.95. The van der Waals surface area contributed by atoms with Gasteiger partial charge in [0, 0.05) is 13.8 Å². The fourth-order valence-corrected chi connectivity index (χ4v) is 3.12. The highest BCUT2D eigenvalue weighted by Gasteiger charge is 2.60. The first-order valence-corrected chi connectivity index (χ1v) is 8.33. The summed E-state index contributed by atoms with van der Waals surface area (Å²) >= 11 is 5.99. The van der Waals surface area contributed by atoms with Crippen LogP contribution in [0.1, 0.15) is 20.1 Å². The highest BCUT2D eigenvalue weighted by atomic mass is 35.5. The predicted molar refractivity (Wildman–Crippen MR) is 93.5 cm³/mol. The highest BCUT2D eigenvalue weighted by molar-refractivity contribution is 6.33. The minimum absolute atomic E-state index is 0.0441. The Labute approximate surface area is 163 Å². The van der Waals surface area contributed by atoms with E-state index in [1.165, 1.54) is 17.8 Å². The molecule has 2 unspecified atom stereocenters. The summed E-state index contributed by atoms with van der Waals surface area (Å²) in [5.74, 6) is 0.396. The van der Waals surface area contributed by atoms with Crippen LogP contribution < -0.4 is 5.73 Å². The standard InChI is InChI=1S/C16H15ClFN5O5/c1-4-16(18)11(27-8(3)25)9(5-26-7(2)24)28-14(16)23-6-20-10-12(17)21-15(19)22-13(10)23/h1,6,9,11,14H,5H2,2-3H3,(H2,19,21,22)/t9-,11?,14-,16?/m1/s1. The van der Waals surface area contributed by atoms with E-state index >= 15 is 4.39 Å². The minimum Gasteiger partial charge on any atom is -0.463 e. The maximum absolute atomic E-state index is 15.9. The third-order valence-electron chi connectivity index (χ3n) is 4.03. The van der Waals surface area contributed by atoms with E-state index in [9.17, 15) is 9.59 Å². The average molecular weight is 412 g/mol. The molecule has 0 saturated carbocycles. The average Bonchev–Trinajstić information content (AvgIpc) is 3.13. The number of nitrogen functional groups attached to an aromatic ring is 1. The number of nitrogens with two attached hydrogens (primary N) is 1. The lowest BCUT2D eigenvalue weighted by molar-refractivity contribution is -0.157. The molecule has 2 N–H and O–H groups in total. The highest BCUT2D eigenvalue weighted by Crippen LogP contribution is 2.44. The molecule has 1 aliphatic rings. The van der Waals surface area contributed by atoms with E-state index in [0.29, 0.717) is 0 Å². The van der Waals surface area contributed by atoms with Crippen molar-refractivity contribution in [2.45, 2.75) is 38.0 Å². The van der Waals surface area contributed by atoms with Gasteiger partial charge in [0.1, 0.15) is 18.2 Å². The second kappa shape index (κ2) is 7.21. The van der Waals surface area contributed by atoms with Crippen LogP contribution in [0.3, 0.4) is 0 Å². The van der Waals surface area contributed by atoms with Crippen LogP contribution in [0.5, 0.6) is 0 Å². The Balaban J connectivity index is 2.08. The lowest BCUT2D eigenvalue weighted by Crippen LogP contribution is -2.45. The molecule has 3 heterocycles. The van der Waals surface area contributed by atoms with Crippen LogP contribution in [0.2, 0.25) is 5.15 Å². The van der Waals surface area contributed by atoms with Crippen molar-refractivity contribution in [1.82, 2.24) is 19.5 Å². The van der Waals surface area contributed by atoms with Gasteiger partial charge in [0.25, 0.3) is 5.67 Å². The molecular weight excluding hydrogens is 397 g/mol. The van der Waals surface area contributed by atoms with E-state index in [1.54, 1.807) is 0 Å². The van der Waals surface area contributed by atoms with Gasteiger partial charge >= 0.3 is 11.9 Å². The molecule has 3 rings (SSSR count). The summed E-state index contributed by atoms with van der Waals surface area (Å²) in [7, 11) is 0. The second-order valence-corrected chi connectivity index (χ2v) is 6.33. The van der Waals surface area contributed by atoms with Crippen molar-refractivity contribution in [2.24, 2.45) is 0 Å². The van der Waals surface area contributed by atoms with E-state index in [2.05, 4.69) is 15.0 Å². The first-order chi connectivity index (χ1) is 13.2. The zero-order valence-corrected chi connectivity index (χ0v) is 15.5. The number of fused-ring (bicyclic) bond motifs is 1. The number of alkyl halides is 1. The van der Waals surface area contributed by atoms with Crippen molar-refractivity contribution in [2.75, 3.05) is 12.3 Å². The van der Waals surface area contributed by atoms with Crippen molar-refractivity contribution >= 4 is 40.7 Å². The summed E-state index contributed by atoms with van der Waals surface area (Å²) < 4.78 is 32.6. The number of carbonyl (C=O) groups excluding carboxylic acids is 2. The predicted octanol–water partition coefficient (Wildman–Crippen LogP) is 0.796. The molecule has 1 saturated heterocycles. The largest absolute Gasteiger partial charge is 0.463 e. The quantitative estimate of drug-likeness (QED) is 0.440. The molecule has 2 aromatic rings. The molecule has 10 nitrogen and oxygen atoms in total. The molecule has 2 aromatic heterocycles. The summed E-state index contributed by atoms with van der Waals surface area (Å²) in [4.78, 5) is 34.4. The van der Waals surface area contributed by atoms with Gasteiger partial charge in [-0.1, -0.05) is 17.5 Å². The number of rotatable bonds is 4. The normalized spacial score (nSPS) is 26.8. The number of hydrogen-bond donors (Lipinski definition) is 1. The van der Waals surface area contributed by atoms with Gasteiger partial charge in [-0.2, -0.15) is 9.97 Å². The van der Waals surface area contributed by atoms with Gasteiger partial charge < -0.3 is 19.9 Å². The smallest absolute Gasteiger partial charge is 0.303 e. The van der Waals surface area contributed by atoms with Gasteiger partial charge in [0.2, 0.25) is 5.95 Å². The second-order valence-electron chi connectivity index (χ2n) is 5.97. The van der Waals surface area contributed by atoms with Crippen LogP contribution in [-0.2, 0) is 23.8 Å². The number of halogens is 2. The number of carbonyl (C=O) groups is 2. The molecule has 0 amide bonds. The van der Waals surface area contributed by atoms with Crippen LogP contribution in [0.4, 0.5) is 10.3 Å². The van der Waals surface area contributed by atoms with Gasteiger partial charge in [0.05, 0.1) is 6.33 Å². The summed E-state index contributed by atoms with van der Waals surface area (Å²) in [5.41, 5.74) is 3.18.